The van der Waals surface area contributed by atoms with Gasteiger partial charge >= 0.3 is 0 Å². The van der Waals surface area contributed by atoms with Crippen LogP contribution in [0.4, 0.5) is 0 Å². The van der Waals surface area contributed by atoms with Crippen molar-refractivity contribution in [3.63, 3.8) is 0 Å². The second-order valence-electron chi connectivity index (χ2n) is 4.81. The summed E-state index contributed by atoms with van der Waals surface area (Å²) in [6.07, 6.45) is 0. The van der Waals surface area contributed by atoms with Crippen molar-refractivity contribution in [3.05, 3.63) is 51.5 Å². The van der Waals surface area contributed by atoms with E-state index in [1.165, 1.54) is 0 Å². The monoisotopic (exact) mass is 341 g/mol. The van der Waals surface area contributed by atoms with Crippen molar-refractivity contribution in [1.82, 2.24) is 9.97 Å². The van der Waals surface area contributed by atoms with Gasteiger partial charge in [0.1, 0.15) is 11.9 Å². The van der Waals surface area contributed by atoms with Gasteiger partial charge in [0.15, 0.2) is 0 Å². The molecule has 0 saturated heterocycles. The Balaban J connectivity index is 2.26. The summed E-state index contributed by atoms with van der Waals surface area (Å²) in [5.41, 5.74) is 4.62. The van der Waals surface area contributed by atoms with Crippen LogP contribution in [0, 0.1) is 18.3 Å². The van der Waals surface area contributed by atoms with Gasteiger partial charge in [-0.3, -0.25) is 0 Å². The number of halogens is 1. The summed E-state index contributed by atoms with van der Waals surface area (Å²) in [6, 6.07) is 11.5. The molecule has 0 bridgehead atoms. The number of nitriles is 1. The molecule has 0 unspecified atom stereocenters. The zero-order valence-corrected chi connectivity index (χ0v) is 12.9. The molecule has 2 aromatic carbocycles. The van der Waals surface area contributed by atoms with E-state index in [2.05, 4.69) is 32.0 Å². The van der Waals surface area contributed by atoms with Crippen LogP contribution in [0.25, 0.3) is 22.4 Å². The first-order valence-corrected chi connectivity index (χ1v) is 7.22. The number of hydrogen-bond donors (Lipinski definition) is 2. The number of benzene rings is 2. The zero-order chi connectivity index (χ0) is 15.0. The third-order valence-corrected chi connectivity index (χ3v) is 4.34. The predicted molar refractivity (Wildman–Crippen MR) is 84.6 cm³/mol. The van der Waals surface area contributed by atoms with Crippen LogP contribution in [0.15, 0.2) is 34.8 Å². The first-order valence-electron chi connectivity index (χ1n) is 6.43. The van der Waals surface area contributed by atoms with E-state index in [0.29, 0.717) is 22.2 Å². The maximum Gasteiger partial charge on any atom is 0.138 e. The lowest BCUT2D eigenvalue weighted by molar-refractivity contribution is 0.282. The number of aliphatic hydroxyl groups excluding tert-OH is 1. The number of H-pyrrole nitrogens is 1. The molecule has 21 heavy (non-hydrogen) atoms. The van der Waals surface area contributed by atoms with Crippen molar-refractivity contribution in [2.75, 3.05) is 0 Å². The van der Waals surface area contributed by atoms with Gasteiger partial charge in [-0.1, -0.05) is 28.1 Å². The van der Waals surface area contributed by atoms with Gasteiger partial charge in [-0.05, 0) is 36.2 Å². The molecule has 104 valence electrons. The molecule has 0 radical (unpaired) electrons. The van der Waals surface area contributed by atoms with E-state index < -0.39 is 0 Å². The fraction of sp³-hybridized carbons (Fsp3) is 0.125. The number of aromatic nitrogens is 2. The Kier molecular flexibility index (Phi) is 3.50. The summed E-state index contributed by atoms with van der Waals surface area (Å²) in [6.45, 7) is 1.90. The molecule has 0 atom stereocenters. The van der Waals surface area contributed by atoms with Crippen LogP contribution in [0.2, 0.25) is 0 Å². The fourth-order valence-electron chi connectivity index (χ4n) is 2.34. The zero-order valence-electron chi connectivity index (χ0n) is 11.3. The molecule has 1 aromatic heterocycles. The van der Waals surface area contributed by atoms with Crippen molar-refractivity contribution in [1.29, 1.82) is 5.26 Å². The van der Waals surface area contributed by atoms with E-state index in [0.717, 1.165) is 21.4 Å². The van der Waals surface area contributed by atoms with Crippen molar-refractivity contribution in [2.24, 2.45) is 0 Å². The molecule has 1 heterocycles. The maximum absolute atomic E-state index is 9.27. The maximum atomic E-state index is 9.27. The topological polar surface area (TPSA) is 72.7 Å². The summed E-state index contributed by atoms with van der Waals surface area (Å²) in [4.78, 5) is 7.78. The summed E-state index contributed by atoms with van der Waals surface area (Å²) < 4.78 is 1.01. The van der Waals surface area contributed by atoms with Crippen molar-refractivity contribution in [2.45, 2.75) is 13.5 Å². The number of fused-ring (bicyclic) bond motifs is 1. The normalized spacial score (nSPS) is 10.8. The lowest BCUT2D eigenvalue weighted by atomic mass is 10.1. The van der Waals surface area contributed by atoms with E-state index >= 15 is 0 Å². The number of hydrogen-bond acceptors (Lipinski definition) is 3. The summed E-state index contributed by atoms with van der Waals surface area (Å²) >= 11 is 3.51. The van der Waals surface area contributed by atoms with Gasteiger partial charge in [-0.2, -0.15) is 5.26 Å². The van der Waals surface area contributed by atoms with E-state index in [1.807, 2.05) is 25.1 Å². The van der Waals surface area contributed by atoms with E-state index in [1.54, 1.807) is 12.1 Å². The average molecular weight is 342 g/mol. The number of rotatable bonds is 2. The largest absolute Gasteiger partial charge is 0.392 e. The molecule has 0 saturated carbocycles. The number of imidazole rings is 1. The molecule has 0 aliphatic heterocycles. The van der Waals surface area contributed by atoms with Gasteiger partial charge in [0.2, 0.25) is 0 Å². The highest BCUT2D eigenvalue weighted by Gasteiger charge is 2.12. The number of aromatic amines is 1. The Bertz CT molecular complexity index is 877. The molecule has 2 N–H and O–H groups in total. The van der Waals surface area contributed by atoms with E-state index in [4.69, 9.17) is 0 Å². The highest BCUT2D eigenvalue weighted by Crippen LogP contribution is 2.29. The first-order chi connectivity index (χ1) is 10.1. The number of aliphatic hydroxyl groups is 1. The summed E-state index contributed by atoms with van der Waals surface area (Å²) in [5, 5.41) is 18.5. The summed E-state index contributed by atoms with van der Waals surface area (Å²) in [7, 11) is 0. The molecule has 0 aliphatic carbocycles. The number of nitrogens with zero attached hydrogens (tertiary/aromatic N) is 2. The highest BCUT2D eigenvalue weighted by molar-refractivity contribution is 9.10. The van der Waals surface area contributed by atoms with Gasteiger partial charge < -0.3 is 10.1 Å². The number of nitrogens with one attached hydrogen (secondary N) is 1. The van der Waals surface area contributed by atoms with Crippen LogP contribution in [0.1, 0.15) is 16.7 Å². The minimum Gasteiger partial charge on any atom is -0.392 e. The lowest BCUT2D eigenvalue weighted by Crippen LogP contribution is -1.87. The first kappa shape index (κ1) is 13.8. The Morgan fingerprint density at radius 1 is 1.38 bits per heavy atom. The third-order valence-electron chi connectivity index (χ3n) is 3.48. The Hall–Kier alpha value is -2.16. The molecule has 0 fully saturated rings. The highest BCUT2D eigenvalue weighted by atomic mass is 79.9. The fourth-order valence-corrected chi connectivity index (χ4v) is 2.71. The van der Waals surface area contributed by atoms with E-state index in [9.17, 15) is 10.4 Å². The lowest BCUT2D eigenvalue weighted by Gasteiger charge is -2.03. The van der Waals surface area contributed by atoms with Gasteiger partial charge in [0.05, 0.1) is 23.2 Å². The Labute approximate surface area is 130 Å². The SMILES string of the molecule is Cc1c(Br)cccc1-c1nc2cc(CO)cc(C#N)c2[nH]1. The molecule has 0 amide bonds. The minimum atomic E-state index is -0.108. The molecule has 3 rings (SSSR count). The van der Waals surface area contributed by atoms with Crippen molar-refractivity contribution < 1.29 is 5.11 Å². The second-order valence-corrected chi connectivity index (χ2v) is 5.66. The molecular weight excluding hydrogens is 330 g/mol. The molecule has 0 aliphatic rings. The van der Waals surface area contributed by atoms with Gasteiger partial charge in [-0.25, -0.2) is 4.98 Å². The standard InChI is InChI=1S/C16H12BrN3O/c1-9-12(3-2-4-13(9)17)16-19-14-6-10(8-21)5-11(7-18)15(14)20-16/h2-6,21H,8H2,1H3,(H,19,20). The minimum absolute atomic E-state index is 0.108. The third kappa shape index (κ3) is 2.33. The van der Waals surface area contributed by atoms with Crippen LogP contribution < -0.4 is 0 Å². The Morgan fingerprint density at radius 2 is 2.19 bits per heavy atom. The van der Waals surface area contributed by atoms with Crippen LogP contribution in [-0.4, -0.2) is 15.1 Å². The van der Waals surface area contributed by atoms with Crippen LogP contribution >= 0.6 is 15.9 Å². The smallest absolute Gasteiger partial charge is 0.138 e. The Morgan fingerprint density at radius 3 is 2.90 bits per heavy atom. The quantitative estimate of drug-likeness (QED) is 0.746. The second kappa shape index (κ2) is 5.32. The van der Waals surface area contributed by atoms with Crippen LogP contribution in [0.3, 0.4) is 0 Å². The van der Waals surface area contributed by atoms with Crippen molar-refractivity contribution >= 4 is 27.0 Å². The molecule has 5 heteroatoms. The van der Waals surface area contributed by atoms with Gasteiger partial charge in [0.25, 0.3) is 0 Å². The average Bonchev–Trinajstić information content (AvgIpc) is 2.92. The predicted octanol–water partition coefficient (Wildman–Crippen LogP) is 3.66. The summed E-state index contributed by atoms with van der Waals surface area (Å²) in [5.74, 6) is 0.718. The molecular formula is C16H12BrN3O. The van der Waals surface area contributed by atoms with Gasteiger partial charge in [-0.15, -0.1) is 0 Å². The van der Waals surface area contributed by atoms with Crippen molar-refractivity contribution in [3.8, 4) is 17.5 Å². The molecule has 4 nitrogen and oxygen atoms in total. The van der Waals surface area contributed by atoms with Gasteiger partial charge in [0, 0.05) is 10.0 Å². The van der Waals surface area contributed by atoms with Crippen LogP contribution in [0.5, 0.6) is 0 Å². The van der Waals surface area contributed by atoms with E-state index in [-0.39, 0.29) is 6.61 Å². The van der Waals surface area contributed by atoms with Crippen LogP contribution in [-0.2, 0) is 6.61 Å². The molecule has 3 aromatic rings. The molecule has 0 spiro atoms.